The highest BCUT2D eigenvalue weighted by Gasteiger charge is 2.35. The van der Waals surface area contributed by atoms with Crippen molar-refractivity contribution in [3.05, 3.63) is 64.5 Å². The molecule has 1 N–H and O–H groups in total. The van der Waals surface area contributed by atoms with Gasteiger partial charge in [-0.25, -0.2) is 4.79 Å². The molecule has 2 amide bonds. The lowest BCUT2D eigenvalue weighted by atomic mass is 10.0. The minimum absolute atomic E-state index is 0.0980. The van der Waals surface area contributed by atoms with Crippen LogP contribution in [-0.4, -0.2) is 46.5 Å². The van der Waals surface area contributed by atoms with Crippen LogP contribution >= 0.6 is 0 Å². The number of benzene rings is 1. The van der Waals surface area contributed by atoms with Crippen molar-refractivity contribution in [2.75, 3.05) is 19.6 Å². The standard InChI is InChI=1S/C23H25F3N4O/c24-23(25,26)17-11-16-13-29(10-8-20(16)27-12-17)22(31)30-9-7-18(14-30)28-21-6-5-15-3-1-2-4-19(15)21/h1-4,11-12,18,21,28H,5-10,13-14H2. The zero-order valence-corrected chi connectivity index (χ0v) is 17.2. The van der Waals surface area contributed by atoms with Crippen LogP contribution in [0.1, 0.15) is 46.8 Å². The number of aryl methyl sites for hydroxylation is 1. The Bertz CT molecular complexity index is 993. The quantitative estimate of drug-likeness (QED) is 0.786. The molecule has 0 radical (unpaired) electrons. The van der Waals surface area contributed by atoms with Crippen LogP contribution in [0.25, 0.3) is 0 Å². The first-order valence-corrected chi connectivity index (χ1v) is 10.8. The Morgan fingerprint density at radius 1 is 1.06 bits per heavy atom. The Labute approximate surface area is 179 Å². The molecular weight excluding hydrogens is 405 g/mol. The van der Waals surface area contributed by atoms with E-state index < -0.39 is 11.7 Å². The topological polar surface area (TPSA) is 48.5 Å². The van der Waals surface area contributed by atoms with Crippen LogP contribution in [0, 0.1) is 0 Å². The van der Waals surface area contributed by atoms with Crippen molar-refractivity contribution in [1.29, 1.82) is 0 Å². The van der Waals surface area contributed by atoms with E-state index in [9.17, 15) is 18.0 Å². The zero-order chi connectivity index (χ0) is 21.6. The van der Waals surface area contributed by atoms with Gasteiger partial charge in [0.2, 0.25) is 0 Å². The van der Waals surface area contributed by atoms with E-state index in [1.165, 1.54) is 11.1 Å². The minimum atomic E-state index is -4.43. The van der Waals surface area contributed by atoms with Gasteiger partial charge in [0.1, 0.15) is 0 Å². The summed E-state index contributed by atoms with van der Waals surface area (Å²) in [5, 5.41) is 3.71. The largest absolute Gasteiger partial charge is 0.417 e. The molecule has 2 atom stereocenters. The van der Waals surface area contributed by atoms with Gasteiger partial charge >= 0.3 is 12.2 Å². The van der Waals surface area contributed by atoms with E-state index in [-0.39, 0.29) is 18.6 Å². The van der Waals surface area contributed by atoms with Crippen molar-refractivity contribution in [3.63, 3.8) is 0 Å². The Balaban J connectivity index is 1.21. The fourth-order valence-electron chi connectivity index (χ4n) is 5.03. The molecule has 1 fully saturated rings. The SMILES string of the molecule is O=C(N1CCc2ncc(C(F)(F)F)cc2C1)N1CCC(NC2CCc3ccccc32)C1. The molecule has 2 aromatic rings. The normalized spacial score (nSPS) is 23.1. The number of alkyl halides is 3. The second-order valence-electron chi connectivity index (χ2n) is 8.67. The summed E-state index contributed by atoms with van der Waals surface area (Å²) in [6.07, 6.45) is -0.0387. The maximum atomic E-state index is 13.1. The number of pyridine rings is 1. The summed E-state index contributed by atoms with van der Waals surface area (Å²) in [5.41, 5.74) is 3.13. The smallest absolute Gasteiger partial charge is 0.323 e. The molecule has 1 aliphatic carbocycles. The van der Waals surface area contributed by atoms with E-state index in [4.69, 9.17) is 0 Å². The van der Waals surface area contributed by atoms with Gasteiger partial charge in [-0.05, 0) is 42.0 Å². The average Bonchev–Trinajstić information content (AvgIpc) is 3.40. The molecule has 2 unspecified atom stereocenters. The third-order valence-corrected chi connectivity index (χ3v) is 6.67. The third-order valence-electron chi connectivity index (χ3n) is 6.67. The van der Waals surface area contributed by atoms with Crippen molar-refractivity contribution in [2.24, 2.45) is 0 Å². The Kier molecular flexibility index (Phi) is 5.12. The first kappa shape index (κ1) is 20.3. The second kappa shape index (κ2) is 7.82. The van der Waals surface area contributed by atoms with Gasteiger partial charge in [0.25, 0.3) is 0 Å². The summed E-state index contributed by atoms with van der Waals surface area (Å²) in [4.78, 5) is 20.5. The molecule has 3 aliphatic rings. The lowest BCUT2D eigenvalue weighted by molar-refractivity contribution is -0.137. The van der Waals surface area contributed by atoms with Crippen molar-refractivity contribution in [1.82, 2.24) is 20.1 Å². The van der Waals surface area contributed by atoms with E-state index in [0.717, 1.165) is 31.5 Å². The summed E-state index contributed by atoms with van der Waals surface area (Å²) in [5.74, 6) is 0. The number of likely N-dealkylation sites (tertiary alicyclic amines) is 1. The fourth-order valence-corrected chi connectivity index (χ4v) is 5.03. The predicted molar refractivity (Wildman–Crippen MR) is 109 cm³/mol. The van der Waals surface area contributed by atoms with Gasteiger partial charge in [0.15, 0.2) is 0 Å². The van der Waals surface area contributed by atoms with Crippen LogP contribution < -0.4 is 5.32 Å². The number of carbonyl (C=O) groups excluding carboxylic acids is 1. The number of fused-ring (bicyclic) bond motifs is 2. The molecule has 0 saturated carbocycles. The minimum Gasteiger partial charge on any atom is -0.323 e. The van der Waals surface area contributed by atoms with Gasteiger partial charge in [-0.3, -0.25) is 4.98 Å². The van der Waals surface area contributed by atoms with Crippen molar-refractivity contribution in [2.45, 2.75) is 50.5 Å². The maximum Gasteiger partial charge on any atom is 0.417 e. The Morgan fingerprint density at radius 2 is 1.90 bits per heavy atom. The van der Waals surface area contributed by atoms with Gasteiger partial charge in [-0.2, -0.15) is 13.2 Å². The van der Waals surface area contributed by atoms with Gasteiger partial charge in [-0.15, -0.1) is 0 Å². The first-order valence-electron chi connectivity index (χ1n) is 10.8. The molecule has 1 aromatic carbocycles. The lowest BCUT2D eigenvalue weighted by Gasteiger charge is -2.32. The van der Waals surface area contributed by atoms with Crippen LogP contribution in [0.15, 0.2) is 36.5 Å². The predicted octanol–water partition coefficient (Wildman–Crippen LogP) is 3.93. The highest BCUT2D eigenvalue weighted by Crippen LogP contribution is 2.33. The second-order valence-corrected chi connectivity index (χ2v) is 8.67. The molecular formula is C23H25F3N4O. The van der Waals surface area contributed by atoms with Crippen molar-refractivity contribution >= 4 is 6.03 Å². The summed E-state index contributed by atoms with van der Waals surface area (Å²) in [6, 6.07) is 10.1. The van der Waals surface area contributed by atoms with E-state index >= 15 is 0 Å². The van der Waals surface area contributed by atoms with E-state index in [1.807, 2.05) is 4.90 Å². The van der Waals surface area contributed by atoms with Gasteiger partial charge < -0.3 is 15.1 Å². The lowest BCUT2D eigenvalue weighted by Crippen LogP contribution is -2.45. The number of carbonyl (C=O) groups is 1. The molecule has 1 aromatic heterocycles. The third kappa shape index (κ3) is 4.01. The van der Waals surface area contributed by atoms with E-state index in [1.54, 1.807) is 4.90 Å². The van der Waals surface area contributed by atoms with Crippen molar-refractivity contribution < 1.29 is 18.0 Å². The first-order chi connectivity index (χ1) is 14.9. The average molecular weight is 430 g/mol. The molecule has 0 spiro atoms. The number of rotatable bonds is 2. The molecule has 5 nitrogen and oxygen atoms in total. The van der Waals surface area contributed by atoms with Crippen LogP contribution in [0.4, 0.5) is 18.0 Å². The van der Waals surface area contributed by atoms with Gasteiger partial charge in [-0.1, -0.05) is 24.3 Å². The van der Waals surface area contributed by atoms with Crippen LogP contribution in [0.2, 0.25) is 0 Å². The molecule has 3 heterocycles. The van der Waals surface area contributed by atoms with Crippen LogP contribution in [0.3, 0.4) is 0 Å². The number of nitrogens with zero attached hydrogens (tertiary/aromatic N) is 3. The number of nitrogens with one attached hydrogen (secondary N) is 1. The monoisotopic (exact) mass is 430 g/mol. The number of urea groups is 1. The summed E-state index contributed by atoms with van der Waals surface area (Å²) in [7, 11) is 0. The number of hydrogen-bond acceptors (Lipinski definition) is 3. The fraction of sp³-hybridized carbons (Fsp3) is 0.478. The number of amides is 2. The molecule has 1 saturated heterocycles. The van der Waals surface area contributed by atoms with E-state index in [2.05, 4.69) is 34.6 Å². The zero-order valence-electron chi connectivity index (χ0n) is 17.2. The molecule has 31 heavy (non-hydrogen) atoms. The maximum absolute atomic E-state index is 13.1. The summed E-state index contributed by atoms with van der Waals surface area (Å²) < 4.78 is 39.1. The summed E-state index contributed by atoms with van der Waals surface area (Å²) >= 11 is 0. The van der Waals surface area contributed by atoms with Gasteiger partial charge in [0, 0.05) is 56.6 Å². The molecule has 5 rings (SSSR count). The van der Waals surface area contributed by atoms with Crippen LogP contribution in [-0.2, 0) is 25.6 Å². The number of halogens is 3. The highest BCUT2D eigenvalue weighted by molar-refractivity contribution is 5.75. The molecule has 0 bridgehead atoms. The number of hydrogen-bond donors (Lipinski definition) is 1. The summed E-state index contributed by atoms with van der Waals surface area (Å²) in [6.45, 7) is 1.95. The molecule has 2 aliphatic heterocycles. The van der Waals surface area contributed by atoms with Gasteiger partial charge in [0.05, 0.1) is 5.56 Å². The van der Waals surface area contributed by atoms with E-state index in [0.29, 0.717) is 43.4 Å². The highest BCUT2D eigenvalue weighted by atomic mass is 19.4. The molecule has 164 valence electrons. The number of aromatic nitrogens is 1. The Morgan fingerprint density at radius 3 is 2.74 bits per heavy atom. The molecule has 8 heteroatoms. The van der Waals surface area contributed by atoms with Crippen molar-refractivity contribution in [3.8, 4) is 0 Å². The Hall–Kier alpha value is -2.61. The van der Waals surface area contributed by atoms with Crippen LogP contribution in [0.5, 0.6) is 0 Å².